The maximum atomic E-state index is 4.15. The summed E-state index contributed by atoms with van der Waals surface area (Å²) in [5.41, 5.74) is 4.95. The molecule has 4 heteroatoms. The first kappa shape index (κ1) is 13.1. The smallest absolute Gasteiger partial charge is 0.0710 e. The summed E-state index contributed by atoms with van der Waals surface area (Å²) < 4.78 is 0. The molecule has 2 aromatic rings. The van der Waals surface area contributed by atoms with Gasteiger partial charge >= 0.3 is 0 Å². The molecular weight excluding hydrogens is 248 g/mol. The van der Waals surface area contributed by atoms with Crippen molar-refractivity contribution in [3.8, 4) is 11.3 Å². The van der Waals surface area contributed by atoms with Gasteiger partial charge in [0.1, 0.15) is 0 Å². The summed E-state index contributed by atoms with van der Waals surface area (Å²) in [6, 6.07) is 3.99. The highest BCUT2D eigenvalue weighted by molar-refractivity contribution is 5.61. The van der Waals surface area contributed by atoms with Gasteiger partial charge in [0.25, 0.3) is 0 Å². The van der Waals surface area contributed by atoms with Crippen LogP contribution in [0, 0.1) is 0 Å². The second-order valence-corrected chi connectivity index (χ2v) is 5.19. The summed E-state index contributed by atoms with van der Waals surface area (Å²) >= 11 is 0. The van der Waals surface area contributed by atoms with Crippen LogP contribution in [-0.2, 0) is 6.54 Å². The normalized spacial score (nSPS) is 14.5. The van der Waals surface area contributed by atoms with E-state index in [0.29, 0.717) is 0 Å². The molecule has 2 N–H and O–H groups in total. The molecule has 2 aromatic heterocycles. The van der Waals surface area contributed by atoms with Crippen LogP contribution in [0.25, 0.3) is 11.3 Å². The summed E-state index contributed by atoms with van der Waals surface area (Å²) in [6.07, 6.45) is 13.0. The third-order valence-corrected chi connectivity index (χ3v) is 3.74. The van der Waals surface area contributed by atoms with Crippen LogP contribution in [-0.4, -0.2) is 21.7 Å². The Balaban J connectivity index is 1.54. The van der Waals surface area contributed by atoms with Crippen molar-refractivity contribution in [2.45, 2.75) is 32.2 Å². The van der Waals surface area contributed by atoms with E-state index in [4.69, 9.17) is 0 Å². The Morgan fingerprint density at radius 3 is 3.10 bits per heavy atom. The second kappa shape index (κ2) is 6.48. The first-order valence-corrected chi connectivity index (χ1v) is 7.25. The first-order chi connectivity index (χ1) is 9.93. The van der Waals surface area contributed by atoms with Crippen LogP contribution >= 0.6 is 0 Å². The van der Waals surface area contributed by atoms with E-state index in [2.05, 4.69) is 26.6 Å². The molecule has 20 heavy (non-hydrogen) atoms. The second-order valence-electron chi connectivity index (χ2n) is 5.19. The Bertz CT molecular complexity index is 571. The summed E-state index contributed by atoms with van der Waals surface area (Å²) in [6.45, 7) is 1.87. The number of allylic oxidation sites excluding steroid dienone is 1. The monoisotopic (exact) mass is 268 g/mol. The molecule has 1 aliphatic carbocycles. The molecule has 0 aliphatic heterocycles. The molecule has 0 spiro atoms. The minimum atomic E-state index is 0.841. The molecular formula is C16H20N4. The lowest BCUT2D eigenvalue weighted by molar-refractivity contribution is 0.677. The van der Waals surface area contributed by atoms with E-state index in [9.17, 15) is 0 Å². The molecule has 0 saturated heterocycles. The Hall–Kier alpha value is -1.94. The van der Waals surface area contributed by atoms with Gasteiger partial charge in [-0.2, -0.15) is 5.10 Å². The number of aromatic nitrogens is 3. The molecule has 0 radical (unpaired) electrons. The standard InChI is InChI=1S/C16H20N4/c1-2-5-13(4-1)7-9-18-11-15-12-19-20-16(15)14-6-3-8-17-10-14/h3-4,6,8,10,12,18H,1-2,5,7,9,11H2,(H,19,20). The lowest BCUT2D eigenvalue weighted by Gasteiger charge is -2.06. The summed E-state index contributed by atoms with van der Waals surface area (Å²) in [5.74, 6) is 0. The highest BCUT2D eigenvalue weighted by Gasteiger charge is 2.08. The number of nitrogens with one attached hydrogen (secondary N) is 2. The van der Waals surface area contributed by atoms with Crippen LogP contribution in [0.1, 0.15) is 31.2 Å². The molecule has 0 aromatic carbocycles. The molecule has 0 bridgehead atoms. The van der Waals surface area contributed by atoms with Gasteiger partial charge in [0, 0.05) is 30.1 Å². The highest BCUT2D eigenvalue weighted by atomic mass is 15.1. The minimum absolute atomic E-state index is 0.841. The van der Waals surface area contributed by atoms with Crippen molar-refractivity contribution in [3.63, 3.8) is 0 Å². The molecule has 104 valence electrons. The van der Waals surface area contributed by atoms with Gasteiger partial charge in [-0.1, -0.05) is 11.6 Å². The lowest BCUT2D eigenvalue weighted by Crippen LogP contribution is -2.15. The predicted molar refractivity (Wildman–Crippen MR) is 80.1 cm³/mol. The Morgan fingerprint density at radius 2 is 2.30 bits per heavy atom. The van der Waals surface area contributed by atoms with E-state index in [1.54, 1.807) is 11.8 Å². The van der Waals surface area contributed by atoms with Crippen LogP contribution in [0.2, 0.25) is 0 Å². The van der Waals surface area contributed by atoms with E-state index >= 15 is 0 Å². The van der Waals surface area contributed by atoms with Crippen molar-refractivity contribution >= 4 is 0 Å². The fraction of sp³-hybridized carbons (Fsp3) is 0.375. The predicted octanol–water partition coefficient (Wildman–Crippen LogP) is 3.06. The molecule has 0 saturated carbocycles. The summed E-state index contributed by atoms with van der Waals surface area (Å²) in [7, 11) is 0. The van der Waals surface area contributed by atoms with E-state index in [1.165, 1.54) is 31.2 Å². The van der Waals surface area contributed by atoms with Crippen molar-refractivity contribution in [3.05, 3.63) is 47.9 Å². The highest BCUT2D eigenvalue weighted by Crippen LogP contribution is 2.21. The third-order valence-electron chi connectivity index (χ3n) is 3.74. The zero-order valence-corrected chi connectivity index (χ0v) is 11.6. The third kappa shape index (κ3) is 3.14. The average molecular weight is 268 g/mol. The van der Waals surface area contributed by atoms with Gasteiger partial charge in [0.15, 0.2) is 0 Å². The van der Waals surface area contributed by atoms with Crippen molar-refractivity contribution in [2.24, 2.45) is 0 Å². The maximum Gasteiger partial charge on any atom is 0.0710 e. The number of rotatable bonds is 6. The lowest BCUT2D eigenvalue weighted by atomic mass is 10.1. The largest absolute Gasteiger partial charge is 0.312 e. The van der Waals surface area contributed by atoms with Crippen molar-refractivity contribution in [1.29, 1.82) is 0 Å². The molecule has 4 nitrogen and oxygen atoms in total. The SMILES string of the molecule is C1=C(CCNCc2cn[nH]c2-c2cccnc2)CCC1. The molecule has 0 amide bonds. The molecule has 0 fully saturated rings. The average Bonchev–Trinajstić information content (AvgIpc) is 3.16. The molecule has 1 aliphatic rings. The quantitative estimate of drug-likeness (QED) is 0.625. The fourth-order valence-electron chi connectivity index (χ4n) is 2.64. The van der Waals surface area contributed by atoms with Crippen LogP contribution in [0.3, 0.4) is 0 Å². The number of hydrogen-bond donors (Lipinski definition) is 2. The van der Waals surface area contributed by atoms with Crippen LogP contribution in [0.4, 0.5) is 0 Å². The number of nitrogens with zero attached hydrogens (tertiary/aromatic N) is 2. The zero-order valence-electron chi connectivity index (χ0n) is 11.6. The van der Waals surface area contributed by atoms with Crippen LogP contribution in [0.5, 0.6) is 0 Å². The van der Waals surface area contributed by atoms with Gasteiger partial charge in [0.05, 0.1) is 11.9 Å². The molecule has 3 rings (SSSR count). The molecule has 2 heterocycles. The van der Waals surface area contributed by atoms with E-state index in [1.807, 2.05) is 24.5 Å². The van der Waals surface area contributed by atoms with Crippen molar-refractivity contribution in [1.82, 2.24) is 20.5 Å². The maximum absolute atomic E-state index is 4.15. The topological polar surface area (TPSA) is 53.6 Å². The van der Waals surface area contributed by atoms with Gasteiger partial charge in [-0.05, 0) is 44.4 Å². The van der Waals surface area contributed by atoms with E-state index in [-0.39, 0.29) is 0 Å². The van der Waals surface area contributed by atoms with Crippen LogP contribution < -0.4 is 5.32 Å². The van der Waals surface area contributed by atoms with E-state index in [0.717, 1.165) is 24.3 Å². The Morgan fingerprint density at radius 1 is 1.30 bits per heavy atom. The Labute approximate surface area is 119 Å². The van der Waals surface area contributed by atoms with Gasteiger partial charge in [0.2, 0.25) is 0 Å². The summed E-state index contributed by atoms with van der Waals surface area (Å²) in [5, 5.41) is 10.7. The van der Waals surface area contributed by atoms with Gasteiger partial charge in [-0.15, -0.1) is 0 Å². The Kier molecular flexibility index (Phi) is 4.23. The minimum Gasteiger partial charge on any atom is -0.312 e. The number of H-pyrrole nitrogens is 1. The first-order valence-electron chi connectivity index (χ1n) is 7.25. The number of pyridine rings is 1. The van der Waals surface area contributed by atoms with E-state index < -0.39 is 0 Å². The molecule has 0 atom stereocenters. The van der Waals surface area contributed by atoms with Crippen LogP contribution in [0.15, 0.2) is 42.4 Å². The summed E-state index contributed by atoms with van der Waals surface area (Å²) in [4.78, 5) is 4.15. The number of hydrogen-bond acceptors (Lipinski definition) is 3. The van der Waals surface area contributed by atoms with Gasteiger partial charge < -0.3 is 5.32 Å². The number of aromatic amines is 1. The van der Waals surface area contributed by atoms with Gasteiger partial charge in [-0.25, -0.2) is 0 Å². The van der Waals surface area contributed by atoms with Gasteiger partial charge in [-0.3, -0.25) is 10.1 Å². The zero-order chi connectivity index (χ0) is 13.6. The fourth-order valence-corrected chi connectivity index (χ4v) is 2.64. The molecule has 0 unspecified atom stereocenters. The van der Waals surface area contributed by atoms with Crippen molar-refractivity contribution < 1.29 is 0 Å². The van der Waals surface area contributed by atoms with Crippen molar-refractivity contribution in [2.75, 3.05) is 6.54 Å².